The van der Waals surface area contributed by atoms with Crippen molar-refractivity contribution in [2.45, 2.75) is 39.2 Å². The predicted octanol–water partition coefficient (Wildman–Crippen LogP) is 3.56. The van der Waals surface area contributed by atoms with Crippen LogP contribution in [0.4, 0.5) is 5.69 Å². The van der Waals surface area contributed by atoms with Gasteiger partial charge in [-0.3, -0.25) is 4.79 Å². The fraction of sp³-hybridized carbons (Fsp3) is 0.500. The van der Waals surface area contributed by atoms with E-state index in [-0.39, 0.29) is 11.9 Å². The summed E-state index contributed by atoms with van der Waals surface area (Å²) in [5, 5.41) is 6.12. The first kappa shape index (κ1) is 15.0. The fourth-order valence-electron chi connectivity index (χ4n) is 1.63. The normalized spacial score (nSPS) is 11.9. The highest BCUT2D eigenvalue weighted by Crippen LogP contribution is 2.16. The summed E-state index contributed by atoms with van der Waals surface area (Å²) in [5.74, 6) is 0.0473. The molecule has 0 fully saturated rings. The van der Waals surface area contributed by atoms with Crippen LogP contribution in [0.3, 0.4) is 0 Å². The summed E-state index contributed by atoms with van der Waals surface area (Å²) in [6.07, 6.45) is 3.38. The lowest BCUT2D eigenvalue weighted by Crippen LogP contribution is -2.38. The van der Waals surface area contributed by atoms with Crippen LogP contribution in [0.25, 0.3) is 0 Å². The Hall–Kier alpha value is -1.03. The van der Waals surface area contributed by atoms with E-state index in [1.165, 1.54) is 6.42 Å². The van der Waals surface area contributed by atoms with Crippen molar-refractivity contribution in [1.29, 1.82) is 0 Å². The van der Waals surface area contributed by atoms with E-state index in [1.807, 2.05) is 31.2 Å². The minimum atomic E-state index is -0.221. The molecule has 100 valence electrons. The summed E-state index contributed by atoms with van der Waals surface area (Å²) in [4.78, 5) is 11.8. The molecule has 0 saturated heterocycles. The molecule has 3 nitrogen and oxygen atoms in total. The third kappa shape index (κ3) is 5.54. The Morgan fingerprint density at radius 3 is 2.83 bits per heavy atom. The lowest BCUT2D eigenvalue weighted by atomic mass is 10.2. The van der Waals surface area contributed by atoms with E-state index in [9.17, 15) is 4.79 Å². The lowest BCUT2D eigenvalue weighted by molar-refractivity contribution is -0.121. The van der Waals surface area contributed by atoms with Crippen LogP contribution >= 0.6 is 15.9 Å². The zero-order valence-electron chi connectivity index (χ0n) is 11.0. The highest BCUT2D eigenvalue weighted by Gasteiger charge is 2.11. The molecule has 1 rings (SSSR count). The Balaban J connectivity index is 2.35. The molecule has 0 aliphatic rings. The lowest BCUT2D eigenvalue weighted by Gasteiger charge is -2.15. The van der Waals surface area contributed by atoms with E-state index in [0.29, 0.717) is 0 Å². The standard InChI is InChI=1S/C14H21BrN2O/c1-3-4-5-9-16-14(18)11(2)17-13-8-6-7-12(15)10-13/h6-8,10-11,17H,3-5,9H2,1-2H3,(H,16,18). The van der Waals surface area contributed by atoms with Crippen molar-refractivity contribution in [3.8, 4) is 0 Å². The average Bonchev–Trinajstić information content (AvgIpc) is 2.34. The van der Waals surface area contributed by atoms with E-state index in [1.54, 1.807) is 0 Å². The maximum Gasteiger partial charge on any atom is 0.242 e. The monoisotopic (exact) mass is 312 g/mol. The number of nitrogens with one attached hydrogen (secondary N) is 2. The van der Waals surface area contributed by atoms with Crippen LogP contribution in [0.15, 0.2) is 28.7 Å². The van der Waals surface area contributed by atoms with Crippen molar-refractivity contribution < 1.29 is 4.79 Å². The van der Waals surface area contributed by atoms with Crippen LogP contribution in [0.2, 0.25) is 0 Å². The fourth-order valence-corrected chi connectivity index (χ4v) is 2.03. The zero-order valence-corrected chi connectivity index (χ0v) is 12.6. The summed E-state index contributed by atoms with van der Waals surface area (Å²) in [6.45, 7) is 4.78. The van der Waals surface area contributed by atoms with Crippen molar-refractivity contribution in [2.75, 3.05) is 11.9 Å². The van der Waals surface area contributed by atoms with Crippen LogP contribution in [0.5, 0.6) is 0 Å². The van der Waals surface area contributed by atoms with Gasteiger partial charge in [0.25, 0.3) is 0 Å². The van der Waals surface area contributed by atoms with Gasteiger partial charge in [0.15, 0.2) is 0 Å². The Morgan fingerprint density at radius 2 is 2.17 bits per heavy atom. The number of hydrogen-bond acceptors (Lipinski definition) is 2. The molecule has 1 amide bonds. The summed E-state index contributed by atoms with van der Waals surface area (Å²) in [7, 11) is 0. The molecular formula is C14H21BrN2O. The number of unbranched alkanes of at least 4 members (excludes halogenated alkanes) is 2. The summed E-state index contributed by atoms with van der Waals surface area (Å²) in [5.41, 5.74) is 0.945. The van der Waals surface area contributed by atoms with Crippen molar-refractivity contribution in [1.82, 2.24) is 5.32 Å². The molecule has 18 heavy (non-hydrogen) atoms. The average molecular weight is 313 g/mol. The summed E-state index contributed by atoms with van der Waals surface area (Å²) in [6, 6.07) is 7.59. The van der Waals surface area contributed by atoms with Crippen LogP contribution in [-0.4, -0.2) is 18.5 Å². The minimum Gasteiger partial charge on any atom is -0.374 e. The predicted molar refractivity (Wildman–Crippen MR) is 79.8 cm³/mol. The summed E-state index contributed by atoms with van der Waals surface area (Å²) >= 11 is 3.41. The Kier molecular flexibility index (Phi) is 6.80. The number of hydrogen-bond donors (Lipinski definition) is 2. The molecule has 1 aromatic rings. The summed E-state index contributed by atoms with van der Waals surface area (Å²) < 4.78 is 1.00. The van der Waals surface area contributed by atoms with Crippen molar-refractivity contribution in [3.63, 3.8) is 0 Å². The molecular weight excluding hydrogens is 292 g/mol. The van der Waals surface area contributed by atoms with Crippen molar-refractivity contribution >= 4 is 27.5 Å². The highest BCUT2D eigenvalue weighted by atomic mass is 79.9. The van der Waals surface area contributed by atoms with Crippen molar-refractivity contribution in [2.24, 2.45) is 0 Å². The molecule has 1 aromatic carbocycles. The molecule has 0 heterocycles. The smallest absolute Gasteiger partial charge is 0.242 e. The second-order valence-electron chi connectivity index (χ2n) is 4.37. The highest BCUT2D eigenvalue weighted by molar-refractivity contribution is 9.10. The molecule has 0 saturated carbocycles. The number of amides is 1. The largest absolute Gasteiger partial charge is 0.374 e. The van der Waals surface area contributed by atoms with Gasteiger partial charge in [-0.2, -0.15) is 0 Å². The third-order valence-electron chi connectivity index (χ3n) is 2.68. The molecule has 0 aromatic heterocycles. The van der Waals surface area contributed by atoms with E-state index >= 15 is 0 Å². The molecule has 0 spiro atoms. The van der Waals surface area contributed by atoms with E-state index in [4.69, 9.17) is 0 Å². The number of rotatable bonds is 7. The first-order valence-electron chi connectivity index (χ1n) is 6.43. The van der Waals surface area contributed by atoms with Gasteiger partial charge in [-0.05, 0) is 31.5 Å². The van der Waals surface area contributed by atoms with Gasteiger partial charge < -0.3 is 10.6 Å². The molecule has 2 N–H and O–H groups in total. The molecule has 0 aliphatic carbocycles. The number of benzene rings is 1. The molecule has 0 radical (unpaired) electrons. The topological polar surface area (TPSA) is 41.1 Å². The van der Waals surface area contributed by atoms with Gasteiger partial charge in [-0.15, -0.1) is 0 Å². The molecule has 0 aliphatic heterocycles. The SMILES string of the molecule is CCCCCNC(=O)C(C)Nc1cccc(Br)c1. The maximum absolute atomic E-state index is 11.8. The van der Waals surface area contributed by atoms with Crippen LogP contribution in [0.1, 0.15) is 33.1 Å². The van der Waals surface area contributed by atoms with Gasteiger partial charge in [0.1, 0.15) is 6.04 Å². The van der Waals surface area contributed by atoms with E-state index in [0.717, 1.165) is 29.5 Å². The van der Waals surface area contributed by atoms with Gasteiger partial charge in [0.05, 0.1) is 0 Å². The van der Waals surface area contributed by atoms with Gasteiger partial charge in [-0.25, -0.2) is 0 Å². The van der Waals surface area contributed by atoms with Crippen LogP contribution < -0.4 is 10.6 Å². The Labute approximate surface area is 117 Å². The number of halogens is 1. The van der Waals surface area contributed by atoms with Gasteiger partial charge in [0, 0.05) is 16.7 Å². The van der Waals surface area contributed by atoms with E-state index < -0.39 is 0 Å². The minimum absolute atomic E-state index is 0.0473. The van der Waals surface area contributed by atoms with Gasteiger partial charge in [0.2, 0.25) is 5.91 Å². The zero-order chi connectivity index (χ0) is 13.4. The Morgan fingerprint density at radius 1 is 1.39 bits per heavy atom. The number of carbonyl (C=O) groups is 1. The molecule has 1 atom stereocenters. The first-order valence-corrected chi connectivity index (χ1v) is 7.22. The quantitative estimate of drug-likeness (QED) is 0.756. The van der Waals surface area contributed by atoms with Crippen LogP contribution in [-0.2, 0) is 4.79 Å². The number of anilines is 1. The number of carbonyl (C=O) groups excluding carboxylic acids is 1. The molecule has 1 unspecified atom stereocenters. The maximum atomic E-state index is 11.8. The van der Waals surface area contributed by atoms with Crippen molar-refractivity contribution in [3.05, 3.63) is 28.7 Å². The van der Waals surface area contributed by atoms with Gasteiger partial charge in [-0.1, -0.05) is 41.8 Å². The Bertz CT molecular complexity index is 382. The van der Waals surface area contributed by atoms with E-state index in [2.05, 4.69) is 33.5 Å². The second kappa shape index (κ2) is 8.14. The third-order valence-corrected chi connectivity index (χ3v) is 3.17. The second-order valence-corrected chi connectivity index (χ2v) is 5.29. The molecule has 0 bridgehead atoms. The van der Waals surface area contributed by atoms with Crippen LogP contribution in [0, 0.1) is 0 Å². The molecule has 4 heteroatoms. The van der Waals surface area contributed by atoms with Gasteiger partial charge >= 0.3 is 0 Å². The first-order chi connectivity index (χ1) is 8.63.